The molecule has 1 aromatic rings. The minimum absolute atomic E-state index is 0.838. The van der Waals surface area contributed by atoms with Crippen LogP contribution >= 0.6 is 0 Å². The molecule has 14 heavy (non-hydrogen) atoms. The summed E-state index contributed by atoms with van der Waals surface area (Å²) in [7, 11) is 0. The lowest BCUT2D eigenvalue weighted by molar-refractivity contribution is 0.904. The zero-order valence-corrected chi connectivity index (χ0v) is 7.98. The van der Waals surface area contributed by atoms with Crippen molar-refractivity contribution in [3.63, 3.8) is 0 Å². The Bertz CT molecular complexity index is 388. The molecule has 1 heterocycles. The highest BCUT2D eigenvalue weighted by Gasteiger charge is 2.16. The first kappa shape index (κ1) is 8.83. The summed E-state index contributed by atoms with van der Waals surface area (Å²) < 4.78 is 0. The summed E-state index contributed by atoms with van der Waals surface area (Å²) in [5, 5.41) is 8.38. The molecule has 1 aliphatic heterocycles. The molecule has 0 unspecified atom stereocenters. The van der Waals surface area contributed by atoms with Crippen molar-refractivity contribution in [1.82, 2.24) is 0 Å². The molecule has 0 aliphatic carbocycles. The van der Waals surface area contributed by atoms with Crippen LogP contribution in [-0.2, 0) is 6.42 Å². The van der Waals surface area contributed by atoms with Crippen LogP contribution < -0.4 is 4.90 Å². The van der Waals surface area contributed by atoms with Gasteiger partial charge in [-0.1, -0.05) is 24.3 Å². The van der Waals surface area contributed by atoms with Gasteiger partial charge in [0, 0.05) is 24.9 Å². The molecule has 1 aliphatic rings. The van der Waals surface area contributed by atoms with Crippen LogP contribution in [0.3, 0.4) is 0 Å². The Hall–Kier alpha value is -1.75. The highest BCUT2D eigenvalue weighted by Crippen LogP contribution is 2.26. The van der Waals surface area contributed by atoms with E-state index in [1.807, 2.05) is 12.1 Å². The molecule has 0 bridgehead atoms. The van der Waals surface area contributed by atoms with Gasteiger partial charge in [0.2, 0.25) is 0 Å². The number of anilines is 1. The van der Waals surface area contributed by atoms with Crippen molar-refractivity contribution < 1.29 is 0 Å². The Morgan fingerprint density at radius 1 is 1.43 bits per heavy atom. The van der Waals surface area contributed by atoms with Crippen molar-refractivity contribution in [2.75, 3.05) is 18.0 Å². The van der Waals surface area contributed by atoms with E-state index in [4.69, 9.17) is 5.26 Å². The van der Waals surface area contributed by atoms with Gasteiger partial charge in [0.05, 0.1) is 6.07 Å². The highest BCUT2D eigenvalue weighted by atomic mass is 15.1. The fourth-order valence-electron chi connectivity index (χ4n) is 1.83. The molecule has 0 radical (unpaired) electrons. The zero-order chi connectivity index (χ0) is 9.80. The smallest absolute Gasteiger partial charge is 0.0909 e. The number of allylic oxidation sites excluding steroid dienone is 1. The van der Waals surface area contributed by atoms with Crippen molar-refractivity contribution >= 4 is 5.69 Å². The minimum Gasteiger partial charge on any atom is -0.367 e. The number of hydrogen-bond acceptors (Lipinski definition) is 2. The van der Waals surface area contributed by atoms with Gasteiger partial charge in [-0.25, -0.2) is 0 Å². The fourth-order valence-corrected chi connectivity index (χ4v) is 1.83. The number of fused-ring (bicyclic) bond motifs is 1. The third-order valence-corrected chi connectivity index (χ3v) is 2.50. The van der Waals surface area contributed by atoms with Crippen LogP contribution in [0.25, 0.3) is 0 Å². The predicted octanol–water partition coefficient (Wildman–Crippen LogP) is 2.13. The SMILES string of the molecule is N#CC=CCN1CCc2ccccc21. The maximum atomic E-state index is 8.38. The van der Waals surface area contributed by atoms with Crippen molar-refractivity contribution in [2.24, 2.45) is 0 Å². The molecule has 70 valence electrons. The van der Waals surface area contributed by atoms with Crippen LogP contribution in [0.5, 0.6) is 0 Å². The second kappa shape index (κ2) is 3.97. The van der Waals surface area contributed by atoms with Gasteiger partial charge in [0.15, 0.2) is 0 Å². The molecule has 0 saturated heterocycles. The van der Waals surface area contributed by atoms with Crippen molar-refractivity contribution in [3.8, 4) is 6.07 Å². The second-order valence-electron chi connectivity index (χ2n) is 3.36. The maximum absolute atomic E-state index is 8.38. The fraction of sp³-hybridized carbons (Fsp3) is 0.250. The molecular weight excluding hydrogens is 172 g/mol. The minimum atomic E-state index is 0.838. The molecule has 0 saturated carbocycles. The van der Waals surface area contributed by atoms with Crippen LogP contribution in [0, 0.1) is 11.3 Å². The van der Waals surface area contributed by atoms with E-state index in [0.717, 1.165) is 19.5 Å². The lowest BCUT2D eigenvalue weighted by Gasteiger charge is -2.16. The summed E-state index contributed by atoms with van der Waals surface area (Å²) >= 11 is 0. The summed E-state index contributed by atoms with van der Waals surface area (Å²) in [4.78, 5) is 2.29. The normalized spacial score (nSPS) is 14.4. The Morgan fingerprint density at radius 2 is 2.29 bits per heavy atom. The molecule has 0 spiro atoms. The summed E-state index contributed by atoms with van der Waals surface area (Å²) in [5.41, 5.74) is 2.73. The van der Waals surface area contributed by atoms with E-state index in [1.165, 1.54) is 11.3 Å². The van der Waals surface area contributed by atoms with Crippen molar-refractivity contribution in [1.29, 1.82) is 5.26 Å². The monoisotopic (exact) mass is 184 g/mol. The number of nitrogens with zero attached hydrogens (tertiary/aromatic N) is 2. The maximum Gasteiger partial charge on any atom is 0.0909 e. The quantitative estimate of drug-likeness (QED) is 0.658. The summed E-state index contributed by atoms with van der Waals surface area (Å²) in [5.74, 6) is 0. The van der Waals surface area contributed by atoms with Crippen LogP contribution in [0.1, 0.15) is 5.56 Å². The highest BCUT2D eigenvalue weighted by molar-refractivity contribution is 5.58. The van der Waals surface area contributed by atoms with Gasteiger partial charge >= 0.3 is 0 Å². The lowest BCUT2D eigenvalue weighted by atomic mass is 10.2. The van der Waals surface area contributed by atoms with E-state index >= 15 is 0 Å². The van der Waals surface area contributed by atoms with E-state index in [2.05, 4.69) is 29.2 Å². The van der Waals surface area contributed by atoms with Crippen molar-refractivity contribution in [3.05, 3.63) is 42.0 Å². The molecule has 0 aromatic heterocycles. The third-order valence-electron chi connectivity index (χ3n) is 2.50. The van der Waals surface area contributed by atoms with E-state index in [1.54, 1.807) is 6.08 Å². The average molecular weight is 184 g/mol. The molecule has 0 fully saturated rings. The summed E-state index contributed by atoms with van der Waals surface area (Å²) in [6.07, 6.45) is 4.57. The zero-order valence-electron chi connectivity index (χ0n) is 7.98. The largest absolute Gasteiger partial charge is 0.367 e. The van der Waals surface area contributed by atoms with Gasteiger partial charge in [0.25, 0.3) is 0 Å². The number of para-hydroxylation sites is 1. The van der Waals surface area contributed by atoms with Gasteiger partial charge in [-0.15, -0.1) is 0 Å². The molecule has 1 aromatic carbocycles. The molecule has 2 rings (SSSR count). The summed E-state index contributed by atoms with van der Waals surface area (Å²) in [6, 6.07) is 10.5. The lowest BCUT2D eigenvalue weighted by Crippen LogP contribution is -2.19. The summed E-state index contributed by atoms with van der Waals surface area (Å²) in [6.45, 7) is 1.90. The van der Waals surface area contributed by atoms with Crippen LogP contribution in [0.15, 0.2) is 36.4 Å². The topological polar surface area (TPSA) is 27.0 Å². The molecular formula is C12H12N2. The van der Waals surface area contributed by atoms with E-state index in [-0.39, 0.29) is 0 Å². The Balaban J connectivity index is 2.11. The first-order valence-electron chi connectivity index (χ1n) is 4.79. The van der Waals surface area contributed by atoms with Gasteiger partial charge in [-0.2, -0.15) is 5.26 Å². The molecule has 0 atom stereocenters. The molecule has 2 nitrogen and oxygen atoms in total. The van der Waals surface area contributed by atoms with Crippen LogP contribution in [-0.4, -0.2) is 13.1 Å². The standard InChI is InChI=1S/C12H12N2/c13-8-3-4-9-14-10-7-11-5-1-2-6-12(11)14/h1-6H,7,9-10H2. The van der Waals surface area contributed by atoms with Gasteiger partial charge in [0.1, 0.15) is 0 Å². The molecule has 2 heteroatoms. The van der Waals surface area contributed by atoms with Crippen LogP contribution in [0.2, 0.25) is 0 Å². The molecule has 0 amide bonds. The van der Waals surface area contributed by atoms with Crippen LogP contribution in [0.4, 0.5) is 5.69 Å². The predicted molar refractivity (Wildman–Crippen MR) is 57.1 cm³/mol. The van der Waals surface area contributed by atoms with Gasteiger partial charge < -0.3 is 4.90 Å². The Labute approximate surface area is 84.1 Å². The third kappa shape index (κ3) is 1.62. The second-order valence-corrected chi connectivity index (χ2v) is 3.36. The van der Waals surface area contributed by atoms with E-state index in [0.29, 0.717) is 0 Å². The molecule has 0 N–H and O–H groups in total. The average Bonchev–Trinajstić information content (AvgIpc) is 2.63. The Kier molecular flexibility index (Phi) is 2.51. The van der Waals surface area contributed by atoms with E-state index in [9.17, 15) is 0 Å². The number of rotatable bonds is 2. The Morgan fingerprint density at radius 3 is 3.14 bits per heavy atom. The first-order valence-corrected chi connectivity index (χ1v) is 4.79. The number of benzene rings is 1. The van der Waals surface area contributed by atoms with Crippen molar-refractivity contribution in [2.45, 2.75) is 6.42 Å². The first-order chi connectivity index (χ1) is 6.92. The van der Waals surface area contributed by atoms with Gasteiger partial charge in [-0.3, -0.25) is 0 Å². The van der Waals surface area contributed by atoms with Gasteiger partial charge in [-0.05, 0) is 18.1 Å². The number of hydrogen-bond donors (Lipinski definition) is 0. The van der Waals surface area contributed by atoms with E-state index < -0.39 is 0 Å². The number of nitriles is 1.